The Morgan fingerprint density at radius 3 is 2.58 bits per heavy atom. The number of aromatic nitrogens is 2. The van der Waals surface area contributed by atoms with Crippen molar-refractivity contribution in [1.82, 2.24) is 9.55 Å². The Morgan fingerprint density at radius 1 is 1.16 bits per heavy atom. The van der Waals surface area contributed by atoms with Crippen LogP contribution in [-0.4, -0.2) is 35.2 Å². The van der Waals surface area contributed by atoms with Gasteiger partial charge in [0, 0.05) is 50.2 Å². The van der Waals surface area contributed by atoms with Crippen molar-refractivity contribution in [2.24, 2.45) is 18.9 Å². The largest absolute Gasteiger partial charge is 0.368 e. The minimum Gasteiger partial charge on any atom is -0.368 e. The van der Waals surface area contributed by atoms with Crippen molar-refractivity contribution < 1.29 is 4.39 Å². The molecule has 3 atom stereocenters. The van der Waals surface area contributed by atoms with Crippen molar-refractivity contribution in [2.45, 2.75) is 13.0 Å². The molecule has 0 aliphatic carbocycles. The summed E-state index contributed by atoms with van der Waals surface area (Å²) in [5, 5.41) is 10.1. The molecule has 2 saturated heterocycles. The number of hydrogen-bond donors (Lipinski definition) is 0. The van der Waals surface area contributed by atoms with Gasteiger partial charge in [-0.25, -0.2) is 9.37 Å². The molecule has 158 valence electrons. The van der Waals surface area contributed by atoms with Gasteiger partial charge >= 0.3 is 0 Å². The van der Waals surface area contributed by atoms with Crippen LogP contribution in [-0.2, 0) is 7.05 Å². The lowest BCUT2D eigenvalue weighted by Gasteiger charge is -2.30. The molecule has 0 amide bonds. The van der Waals surface area contributed by atoms with Gasteiger partial charge in [-0.2, -0.15) is 5.26 Å². The van der Waals surface area contributed by atoms with Crippen LogP contribution in [0.2, 0.25) is 5.15 Å². The first kappa shape index (κ1) is 19.8. The smallest absolute Gasteiger partial charge is 0.270 e. The Balaban J connectivity index is 1.53. The molecule has 2 aliphatic heterocycles. The van der Waals surface area contributed by atoms with E-state index in [2.05, 4.69) is 27.8 Å². The Hall–Kier alpha value is -3.11. The zero-order chi connectivity index (χ0) is 21.9. The maximum absolute atomic E-state index is 13.3. The third-order valence-electron chi connectivity index (χ3n) is 6.80. The van der Waals surface area contributed by atoms with E-state index in [1.165, 1.54) is 16.7 Å². The standard InChI is InChI=1S/C23H21ClFN5O/c1-13-18-12-29(10-14(18)11-30(13)16-5-3-15(25)4-6-16)22-17(9-26)23(31)28(2)19-7-8-20(24)27-21(19)22/h3-8,13-14,18H,10-12H2,1-2H3/t13-,14+,18-/m1/s1. The molecule has 2 aliphatic rings. The monoisotopic (exact) mass is 437 g/mol. The van der Waals surface area contributed by atoms with Crippen LogP contribution in [0.15, 0.2) is 41.2 Å². The fourth-order valence-electron chi connectivity index (χ4n) is 5.22. The van der Waals surface area contributed by atoms with Crippen LogP contribution >= 0.6 is 11.6 Å². The summed E-state index contributed by atoms with van der Waals surface area (Å²) in [5.74, 6) is 0.481. The maximum atomic E-state index is 13.3. The van der Waals surface area contributed by atoms with Gasteiger partial charge in [-0.3, -0.25) is 4.79 Å². The third kappa shape index (κ3) is 3.05. The fraction of sp³-hybridized carbons (Fsp3) is 0.348. The number of nitriles is 1. The number of halogens is 2. The molecule has 0 saturated carbocycles. The van der Waals surface area contributed by atoms with Crippen LogP contribution in [0.5, 0.6) is 0 Å². The molecule has 0 unspecified atom stereocenters. The van der Waals surface area contributed by atoms with Crippen LogP contribution in [0.25, 0.3) is 11.0 Å². The van der Waals surface area contributed by atoms with E-state index in [4.69, 9.17) is 11.6 Å². The highest BCUT2D eigenvalue weighted by atomic mass is 35.5. The molecule has 31 heavy (non-hydrogen) atoms. The number of anilines is 2. The minimum absolute atomic E-state index is 0.104. The van der Waals surface area contributed by atoms with Crippen LogP contribution in [0.4, 0.5) is 15.8 Å². The van der Waals surface area contributed by atoms with Crippen molar-refractivity contribution in [3.05, 3.63) is 63.3 Å². The van der Waals surface area contributed by atoms with Crippen molar-refractivity contribution >= 4 is 34.0 Å². The summed E-state index contributed by atoms with van der Waals surface area (Å²) in [6.07, 6.45) is 0. The van der Waals surface area contributed by atoms with Crippen LogP contribution in [0.3, 0.4) is 0 Å². The fourth-order valence-corrected chi connectivity index (χ4v) is 5.37. The van der Waals surface area contributed by atoms with Crippen LogP contribution in [0.1, 0.15) is 12.5 Å². The van der Waals surface area contributed by atoms with Gasteiger partial charge in [0.05, 0.1) is 11.2 Å². The molecular weight excluding hydrogens is 417 g/mol. The molecule has 4 heterocycles. The lowest BCUT2D eigenvalue weighted by Crippen LogP contribution is -2.36. The Labute approximate surface area is 184 Å². The summed E-state index contributed by atoms with van der Waals surface area (Å²) in [5.41, 5.74) is 2.61. The lowest BCUT2D eigenvalue weighted by atomic mass is 9.95. The highest BCUT2D eigenvalue weighted by Crippen LogP contribution is 2.42. The molecule has 2 fully saturated rings. The van der Waals surface area contributed by atoms with Crippen LogP contribution in [0, 0.1) is 29.0 Å². The average molecular weight is 438 g/mol. The van der Waals surface area contributed by atoms with E-state index in [0.29, 0.717) is 40.3 Å². The van der Waals surface area contributed by atoms with E-state index in [0.717, 1.165) is 18.8 Å². The number of hydrogen-bond acceptors (Lipinski definition) is 5. The van der Waals surface area contributed by atoms with Gasteiger partial charge < -0.3 is 14.4 Å². The van der Waals surface area contributed by atoms with Gasteiger partial charge in [-0.05, 0) is 43.3 Å². The predicted octanol–water partition coefficient (Wildman–Crippen LogP) is 3.56. The highest BCUT2D eigenvalue weighted by molar-refractivity contribution is 6.29. The first-order chi connectivity index (χ1) is 14.9. The molecule has 0 spiro atoms. The third-order valence-corrected chi connectivity index (χ3v) is 7.01. The van der Waals surface area contributed by atoms with Gasteiger partial charge in [0.1, 0.15) is 28.1 Å². The lowest BCUT2D eigenvalue weighted by molar-refractivity contribution is 0.472. The molecular formula is C23H21ClFN5O. The highest BCUT2D eigenvalue weighted by Gasteiger charge is 2.46. The number of nitrogens with zero attached hydrogens (tertiary/aromatic N) is 5. The van der Waals surface area contributed by atoms with Gasteiger partial charge in [0.25, 0.3) is 5.56 Å². The van der Waals surface area contributed by atoms with Gasteiger partial charge in [-0.1, -0.05) is 11.6 Å². The second-order valence-electron chi connectivity index (χ2n) is 8.40. The topological polar surface area (TPSA) is 65.2 Å². The number of pyridine rings is 2. The van der Waals surface area contributed by atoms with Gasteiger partial charge in [0.15, 0.2) is 0 Å². The molecule has 0 bridgehead atoms. The number of aryl methyl sites for hydroxylation is 1. The molecule has 3 aromatic rings. The number of rotatable bonds is 2. The van der Waals surface area contributed by atoms with E-state index >= 15 is 0 Å². The van der Waals surface area contributed by atoms with Crippen molar-refractivity contribution in [2.75, 3.05) is 29.4 Å². The Bertz CT molecular complexity index is 1280. The predicted molar refractivity (Wildman–Crippen MR) is 119 cm³/mol. The molecule has 6 nitrogen and oxygen atoms in total. The molecule has 0 N–H and O–H groups in total. The molecule has 2 aromatic heterocycles. The maximum Gasteiger partial charge on any atom is 0.270 e. The van der Waals surface area contributed by atoms with E-state index in [9.17, 15) is 14.4 Å². The Morgan fingerprint density at radius 2 is 1.90 bits per heavy atom. The second kappa shape index (κ2) is 7.24. The summed E-state index contributed by atoms with van der Waals surface area (Å²) < 4.78 is 14.8. The normalized spacial score (nSPS) is 22.7. The molecule has 5 rings (SSSR count). The first-order valence-corrected chi connectivity index (χ1v) is 10.6. The van der Waals surface area contributed by atoms with Gasteiger partial charge in [-0.15, -0.1) is 0 Å². The first-order valence-electron chi connectivity index (χ1n) is 10.3. The summed E-state index contributed by atoms with van der Waals surface area (Å²) in [6.45, 7) is 4.46. The zero-order valence-corrected chi connectivity index (χ0v) is 18.0. The summed E-state index contributed by atoms with van der Waals surface area (Å²) in [7, 11) is 1.65. The second-order valence-corrected chi connectivity index (χ2v) is 8.79. The summed E-state index contributed by atoms with van der Waals surface area (Å²) in [4.78, 5) is 21.8. The number of fused-ring (bicyclic) bond motifs is 2. The molecule has 1 aromatic carbocycles. The minimum atomic E-state index is -0.327. The molecule has 8 heteroatoms. The molecule has 0 radical (unpaired) electrons. The quantitative estimate of drug-likeness (QED) is 0.573. The summed E-state index contributed by atoms with van der Waals surface area (Å²) in [6, 6.07) is 12.4. The zero-order valence-electron chi connectivity index (χ0n) is 17.2. The number of benzene rings is 1. The van der Waals surface area contributed by atoms with Crippen LogP contribution < -0.4 is 15.4 Å². The summed E-state index contributed by atoms with van der Waals surface area (Å²) >= 11 is 6.17. The average Bonchev–Trinajstić information content (AvgIpc) is 3.30. The van der Waals surface area contributed by atoms with E-state index in [1.807, 2.05) is 12.1 Å². The Kier molecular flexibility index (Phi) is 4.63. The van der Waals surface area contributed by atoms with Crippen molar-refractivity contribution in [1.29, 1.82) is 5.26 Å². The van der Waals surface area contributed by atoms with Gasteiger partial charge in [0.2, 0.25) is 0 Å². The SMILES string of the molecule is C[C@@H]1[C@H]2CN(c3c(C#N)c(=O)n(C)c4ccc(Cl)nc34)C[C@H]2CN1c1ccc(F)cc1. The van der Waals surface area contributed by atoms with E-state index < -0.39 is 0 Å². The van der Waals surface area contributed by atoms with E-state index in [1.54, 1.807) is 19.2 Å². The van der Waals surface area contributed by atoms with Crippen molar-refractivity contribution in [3.63, 3.8) is 0 Å². The van der Waals surface area contributed by atoms with E-state index in [-0.39, 0.29) is 23.0 Å². The van der Waals surface area contributed by atoms with Crippen molar-refractivity contribution in [3.8, 4) is 6.07 Å².